The fraction of sp³-hybridized carbons (Fsp3) is 0.900. The summed E-state index contributed by atoms with van der Waals surface area (Å²) < 4.78 is 0. The number of rotatable bonds is 5. The van der Waals surface area contributed by atoms with E-state index in [4.69, 9.17) is 10.2 Å². The second-order valence-electron chi connectivity index (χ2n) is 4.10. The van der Waals surface area contributed by atoms with Crippen LogP contribution in [0.4, 0.5) is 0 Å². The number of hydrogen-bond donors (Lipinski definition) is 3. The van der Waals surface area contributed by atoms with Crippen LogP contribution in [0.3, 0.4) is 0 Å². The first kappa shape index (κ1) is 12.4. The summed E-state index contributed by atoms with van der Waals surface area (Å²) in [5.41, 5.74) is -0.510. The molecule has 1 heterocycles. The second kappa shape index (κ2) is 5.44. The maximum Gasteiger partial charge on any atom is 0.242 e. The molecule has 3 N–H and O–H groups in total. The first-order valence-corrected chi connectivity index (χ1v) is 5.40. The number of hydrogen-bond acceptors (Lipinski definition) is 4. The third-order valence-corrected chi connectivity index (χ3v) is 2.87. The average Bonchev–Trinajstić information content (AvgIpc) is 2.65. The van der Waals surface area contributed by atoms with Crippen LogP contribution in [0, 0.1) is 0 Å². The van der Waals surface area contributed by atoms with Crippen molar-refractivity contribution in [1.29, 1.82) is 0 Å². The van der Waals surface area contributed by atoms with Gasteiger partial charge >= 0.3 is 0 Å². The highest BCUT2D eigenvalue weighted by Crippen LogP contribution is 2.20. The molecule has 0 aromatic heterocycles. The predicted octanol–water partition coefficient (Wildman–Crippen LogP) is -1.06. The topological polar surface area (TPSA) is 72.8 Å². The Hall–Kier alpha value is -0.650. The van der Waals surface area contributed by atoms with Gasteiger partial charge in [-0.2, -0.15) is 0 Å². The lowest BCUT2D eigenvalue weighted by atomic mass is 9.98. The monoisotopic (exact) mass is 216 g/mol. The van der Waals surface area contributed by atoms with Gasteiger partial charge in [-0.1, -0.05) is 0 Å². The van der Waals surface area contributed by atoms with Crippen molar-refractivity contribution in [3.63, 3.8) is 0 Å². The molecule has 1 aliphatic rings. The molecule has 0 radical (unpaired) electrons. The van der Waals surface area contributed by atoms with Gasteiger partial charge < -0.3 is 20.4 Å². The van der Waals surface area contributed by atoms with Crippen molar-refractivity contribution in [2.24, 2.45) is 0 Å². The molecule has 88 valence electrons. The van der Waals surface area contributed by atoms with Crippen molar-refractivity contribution in [1.82, 2.24) is 10.2 Å². The smallest absolute Gasteiger partial charge is 0.242 e. The minimum Gasteiger partial charge on any atom is -0.395 e. The molecule has 1 amide bonds. The quantitative estimate of drug-likeness (QED) is 0.548. The molecule has 0 bridgehead atoms. The number of aliphatic hydroxyl groups is 2. The molecule has 5 nitrogen and oxygen atoms in total. The molecular weight excluding hydrogens is 196 g/mol. The lowest BCUT2D eigenvalue weighted by Crippen LogP contribution is -2.54. The Morgan fingerprint density at radius 2 is 2.00 bits per heavy atom. The molecule has 1 aliphatic heterocycles. The van der Waals surface area contributed by atoms with Crippen LogP contribution in [0.25, 0.3) is 0 Å². The van der Waals surface area contributed by atoms with E-state index in [0.717, 1.165) is 19.4 Å². The van der Waals surface area contributed by atoms with Gasteiger partial charge in [0.05, 0.1) is 18.8 Å². The van der Waals surface area contributed by atoms with Crippen molar-refractivity contribution in [2.45, 2.75) is 25.3 Å². The van der Waals surface area contributed by atoms with Gasteiger partial charge in [0.1, 0.15) is 0 Å². The maximum absolute atomic E-state index is 12.1. The SMILES string of the molecule is CC1(C(=O)N(CCO)CCO)CCCN1. The number of carbonyl (C=O) groups excluding carboxylic acids is 1. The minimum atomic E-state index is -0.510. The molecule has 0 saturated carbocycles. The van der Waals surface area contributed by atoms with E-state index < -0.39 is 5.54 Å². The van der Waals surface area contributed by atoms with E-state index in [1.54, 1.807) is 0 Å². The molecule has 0 spiro atoms. The zero-order valence-corrected chi connectivity index (χ0v) is 9.20. The first-order chi connectivity index (χ1) is 7.14. The van der Waals surface area contributed by atoms with E-state index >= 15 is 0 Å². The van der Waals surface area contributed by atoms with Gasteiger partial charge in [0, 0.05) is 13.1 Å². The largest absolute Gasteiger partial charge is 0.395 e. The minimum absolute atomic E-state index is 0.0249. The molecule has 1 rings (SSSR count). The maximum atomic E-state index is 12.1. The fourth-order valence-electron chi connectivity index (χ4n) is 1.98. The van der Waals surface area contributed by atoms with Crippen molar-refractivity contribution in [2.75, 3.05) is 32.8 Å². The summed E-state index contributed by atoms with van der Waals surface area (Å²) in [4.78, 5) is 13.6. The second-order valence-corrected chi connectivity index (χ2v) is 4.10. The standard InChI is InChI=1S/C10H20N2O3/c1-10(3-2-4-11-10)9(15)12(5-7-13)6-8-14/h11,13-14H,2-8H2,1H3. The summed E-state index contributed by atoms with van der Waals surface area (Å²) in [5, 5.41) is 20.9. The summed E-state index contributed by atoms with van der Waals surface area (Å²) in [6.07, 6.45) is 1.81. The van der Waals surface area contributed by atoms with Crippen LogP contribution in [0.1, 0.15) is 19.8 Å². The summed E-state index contributed by atoms with van der Waals surface area (Å²) in [5.74, 6) is -0.0249. The van der Waals surface area contributed by atoms with Crippen LogP contribution in [0.2, 0.25) is 0 Å². The van der Waals surface area contributed by atoms with Crippen LogP contribution in [-0.4, -0.2) is 59.4 Å². The van der Waals surface area contributed by atoms with Gasteiger partial charge in [0.15, 0.2) is 0 Å². The Labute approximate surface area is 90.1 Å². The third kappa shape index (κ3) is 2.90. The molecule has 0 aliphatic carbocycles. The summed E-state index contributed by atoms with van der Waals surface area (Å²) in [6.45, 7) is 3.18. The highest BCUT2D eigenvalue weighted by atomic mass is 16.3. The zero-order valence-electron chi connectivity index (χ0n) is 9.20. The third-order valence-electron chi connectivity index (χ3n) is 2.87. The molecular formula is C10H20N2O3. The van der Waals surface area contributed by atoms with Crippen LogP contribution in [0.5, 0.6) is 0 Å². The summed E-state index contributed by atoms with van der Waals surface area (Å²) >= 11 is 0. The number of nitrogens with zero attached hydrogens (tertiary/aromatic N) is 1. The van der Waals surface area contributed by atoms with Gasteiger partial charge in [-0.25, -0.2) is 0 Å². The molecule has 0 aromatic carbocycles. The van der Waals surface area contributed by atoms with Gasteiger partial charge in [-0.15, -0.1) is 0 Å². The average molecular weight is 216 g/mol. The van der Waals surface area contributed by atoms with Crippen molar-refractivity contribution >= 4 is 5.91 Å². The van der Waals surface area contributed by atoms with Crippen molar-refractivity contribution < 1.29 is 15.0 Å². The van der Waals surface area contributed by atoms with E-state index in [1.807, 2.05) is 6.92 Å². The van der Waals surface area contributed by atoms with Gasteiger partial charge in [-0.3, -0.25) is 4.79 Å². The van der Waals surface area contributed by atoms with Crippen LogP contribution >= 0.6 is 0 Å². The number of amides is 1. The van der Waals surface area contributed by atoms with Gasteiger partial charge in [0.25, 0.3) is 0 Å². The Morgan fingerprint density at radius 1 is 1.40 bits per heavy atom. The number of nitrogens with one attached hydrogen (secondary N) is 1. The molecule has 15 heavy (non-hydrogen) atoms. The van der Waals surface area contributed by atoms with Crippen LogP contribution in [0.15, 0.2) is 0 Å². The Kier molecular flexibility index (Phi) is 4.50. The molecule has 1 atom stereocenters. The van der Waals surface area contributed by atoms with Gasteiger partial charge in [-0.05, 0) is 26.3 Å². The molecule has 0 aromatic rings. The van der Waals surface area contributed by atoms with Gasteiger partial charge in [0.2, 0.25) is 5.91 Å². The molecule has 1 saturated heterocycles. The molecule has 5 heteroatoms. The zero-order chi connectivity index (χ0) is 11.3. The lowest BCUT2D eigenvalue weighted by molar-refractivity contribution is -0.138. The van der Waals surface area contributed by atoms with E-state index in [-0.39, 0.29) is 32.2 Å². The van der Waals surface area contributed by atoms with E-state index in [0.29, 0.717) is 0 Å². The first-order valence-electron chi connectivity index (χ1n) is 5.40. The lowest BCUT2D eigenvalue weighted by Gasteiger charge is -2.31. The van der Waals surface area contributed by atoms with Crippen molar-refractivity contribution in [3.05, 3.63) is 0 Å². The Balaban J connectivity index is 2.61. The molecule has 1 unspecified atom stereocenters. The summed E-state index contributed by atoms with van der Waals surface area (Å²) in [6, 6.07) is 0. The number of aliphatic hydroxyl groups excluding tert-OH is 2. The predicted molar refractivity (Wildman–Crippen MR) is 56.4 cm³/mol. The molecule has 1 fully saturated rings. The van der Waals surface area contributed by atoms with E-state index in [9.17, 15) is 4.79 Å². The summed E-state index contributed by atoms with van der Waals surface area (Å²) in [7, 11) is 0. The highest BCUT2D eigenvalue weighted by Gasteiger charge is 2.38. The van der Waals surface area contributed by atoms with Crippen molar-refractivity contribution in [3.8, 4) is 0 Å². The van der Waals surface area contributed by atoms with Crippen LogP contribution < -0.4 is 5.32 Å². The normalized spacial score (nSPS) is 25.5. The number of carbonyl (C=O) groups is 1. The van der Waals surface area contributed by atoms with E-state index in [2.05, 4.69) is 5.32 Å². The Bertz CT molecular complexity index is 209. The fourth-order valence-corrected chi connectivity index (χ4v) is 1.98. The highest BCUT2D eigenvalue weighted by molar-refractivity contribution is 5.86. The van der Waals surface area contributed by atoms with E-state index in [1.165, 1.54) is 4.90 Å². The Morgan fingerprint density at radius 3 is 2.40 bits per heavy atom. The van der Waals surface area contributed by atoms with Crippen LogP contribution in [-0.2, 0) is 4.79 Å².